The molecule has 1 saturated heterocycles. The van der Waals surface area contributed by atoms with Crippen LogP contribution in [0.5, 0.6) is 0 Å². The SMILES string of the molecule is O=S(=O)(c1cccc(-c2nn3c(-c4ccccc4)nnc3s2)c1)N1CCOCC1. The largest absolute Gasteiger partial charge is 0.379 e. The number of nitrogens with zero attached hydrogens (tertiary/aromatic N) is 5. The van der Waals surface area contributed by atoms with Crippen LogP contribution in [0.4, 0.5) is 0 Å². The third-order valence-corrected chi connectivity index (χ3v) is 7.55. The maximum absolute atomic E-state index is 13.0. The van der Waals surface area contributed by atoms with Gasteiger partial charge in [0.05, 0.1) is 18.1 Å². The summed E-state index contributed by atoms with van der Waals surface area (Å²) in [6, 6.07) is 16.6. The Morgan fingerprint density at radius 3 is 2.48 bits per heavy atom. The molecule has 3 heterocycles. The Balaban J connectivity index is 1.53. The van der Waals surface area contributed by atoms with E-state index in [-0.39, 0.29) is 4.90 Å². The van der Waals surface area contributed by atoms with E-state index in [1.165, 1.54) is 15.6 Å². The lowest BCUT2D eigenvalue weighted by Crippen LogP contribution is -2.40. The molecule has 5 rings (SSSR count). The molecule has 8 nitrogen and oxygen atoms in total. The Morgan fingerprint density at radius 1 is 0.931 bits per heavy atom. The molecule has 4 aromatic rings. The van der Waals surface area contributed by atoms with E-state index in [1.54, 1.807) is 22.7 Å². The van der Waals surface area contributed by atoms with Gasteiger partial charge in [-0.1, -0.05) is 53.8 Å². The Bertz CT molecular complexity index is 1260. The molecule has 1 aliphatic heterocycles. The first-order valence-corrected chi connectivity index (χ1v) is 11.3. The van der Waals surface area contributed by atoms with E-state index >= 15 is 0 Å². The second-order valence-electron chi connectivity index (χ2n) is 6.54. The van der Waals surface area contributed by atoms with Crippen LogP contribution in [0.1, 0.15) is 0 Å². The lowest BCUT2D eigenvalue weighted by molar-refractivity contribution is 0.0730. The summed E-state index contributed by atoms with van der Waals surface area (Å²) < 4.78 is 34.3. The van der Waals surface area contributed by atoms with Crippen LogP contribution >= 0.6 is 11.3 Å². The lowest BCUT2D eigenvalue weighted by atomic mass is 10.2. The molecular weight excluding hydrogens is 410 g/mol. The molecule has 0 bridgehead atoms. The van der Waals surface area contributed by atoms with Gasteiger partial charge in [-0.25, -0.2) is 8.42 Å². The van der Waals surface area contributed by atoms with Gasteiger partial charge in [-0.3, -0.25) is 0 Å². The Labute approximate surface area is 171 Å². The molecule has 2 aromatic heterocycles. The Morgan fingerprint density at radius 2 is 1.69 bits per heavy atom. The van der Waals surface area contributed by atoms with E-state index in [4.69, 9.17) is 4.74 Å². The van der Waals surface area contributed by atoms with Gasteiger partial charge in [0.15, 0.2) is 5.82 Å². The molecule has 2 aromatic carbocycles. The van der Waals surface area contributed by atoms with Crippen molar-refractivity contribution in [3.63, 3.8) is 0 Å². The summed E-state index contributed by atoms with van der Waals surface area (Å²) in [7, 11) is -3.56. The fourth-order valence-corrected chi connectivity index (χ4v) is 5.52. The van der Waals surface area contributed by atoms with Crippen molar-refractivity contribution in [2.24, 2.45) is 0 Å². The van der Waals surface area contributed by atoms with Crippen molar-refractivity contribution in [1.82, 2.24) is 24.1 Å². The van der Waals surface area contributed by atoms with Gasteiger partial charge in [-0.15, -0.1) is 10.2 Å². The fraction of sp³-hybridized carbons (Fsp3) is 0.211. The number of ether oxygens (including phenoxy) is 1. The fourth-order valence-electron chi connectivity index (χ4n) is 3.23. The monoisotopic (exact) mass is 427 g/mol. The second kappa shape index (κ2) is 7.30. The van der Waals surface area contributed by atoms with Crippen molar-refractivity contribution in [2.75, 3.05) is 26.3 Å². The molecular formula is C19H17N5O3S2. The van der Waals surface area contributed by atoms with E-state index in [9.17, 15) is 8.42 Å². The highest BCUT2D eigenvalue weighted by Gasteiger charge is 2.27. The third kappa shape index (κ3) is 3.33. The van der Waals surface area contributed by atoms with Gasteiger partial charge in [0.2, 0.25) is 15.0 Å². The molecule has 0 saturated carbocycles. The van der Waals surface area contributed by atoms with E-state index < -0.39 is 10.0 Å². The summed E-state index contributed by atoms with van der Waals surface area (Å²) in [5.41, 5.74) is 1.65. The van der Waals surface area contributed by atoms with Gasteiger partial charge >= 0.3 is 0 Å². The van der Waals surface area contributed by atoms with Crippen LogP contribution in [0.25, 0.3) is 26.9 Å². The molecule has 0 amide bonds. The molecule has 0 radical (unpaired) electrons. The zero-order chi connectivity index (χ0) is 19.8. The summed E-state index contributed by atoms with van der Waals surface area (Å²) in [5.74, 6) is 0.653. The maximum atomic E-state index is 13.0. The first kappa shape index (κ1) is 18.4. The first-order chi connectivity index (χ1) is 14.1. The van der Waals surface area contributed by atoms with Crippen LogP contribution in [0, 0.1) is 0 Å². The molecule has 1 fully saturated rings. The van der Waals surface area contributed by atoms with Crippen LogP contribution in [0.15, 0.2) is 59.5 Å². The number of hydrogen-bond donors (Lipinski definition) is 0. The summed E-state index contributed by atoms with van der Waals surface area (Å²) in [4.78, 5) is 0.909. The smallest absolute Gasteiger partial charge is 0.243 e. The topological polar surface area (TPSA) is 89.7 Å². The molecule has 29 heavy (non-hydrogen) atoms. The van der Waals surface area contributed by atoms with Crippen LogP contribution < -0.4 is 0 Å². The number of hydrogen-bond acceptors (Lipinski definition) is 7. The van der Waals surface area contributed by atoms with Crippen molar-refractivity contribution < 1.29 is 13.2 Å². The van der Waals surface area contributed by atoms with Crippen LogP contribution in [0.3, 0.4) is 0 Å². The van der Waals surface area contributed by atoms with Crippen molar-refractivity contribution in [1.29, 1.82) is 0 Å². The highest BCUT2D eigenvalue weighted by atomic mass is 32.2. The molecule has 0 unspecified atom stereocenters. The average Bonchev–Trinajstić information content (AvgIpc) is 3.36. The number of morpholine rings is 1. The number of benzene rings is 2. The Hall–Kier alpha value is -2.66. The molecule has 10 heteroatoms. The number of sulfonamides is 1. The van der Waals surface area contributed by atoms with Gasteiger partial charge in [-0.05, 0) is 12.1 Å². The van der Waals surface area contributed by atoms with Gasteiger partial charge in [0.1, 0.15) is 5.01 Å². The maximum Gasteiger partial charge on any atom is 0.243 e. The van der Waals surface area contributed by atoms with Crippen LogP contribution in [-0.2, 0) is 14.8 Å². The lowest BCUT2D eigenvalue weighted by Gasteiger charge is -2.26. The zero-order valence-electron chi connectivity index (χ0n) is 15.3. The van der Waals surface area contributed by atoms with Gasteiger partial charge in [-0.2, -0.15) is 13.9 Å². The average molecular weight is 428 g/mol. The van der Waals surface area contributed by atoms with E-state index in [2.05, 4.69) is 15.3 Å². The quantitative estimate of drug-likeness (QED) is 0.497. The van der Waals surface area contributed by atoms with Crippen LogP contribution in [-0.4, -0.2) is 58.8 Å². The van der Waals surface area contributed by atoms with Crippen molar-refractivity contribution >= 4 is 26.3 Å². The predicted molar refractivity (Wildman–Crippen MR) is 109 cm³/mol. The van der Waals surface area contributed by atoms with E-state index in [1.807, 2.05) is 36.4 Å². The normalized spacial score (nSPS) is 15.7. The standard InChI is InChI=1S/C19H17N5O3S2/c25-29(26,23-9-11-27-12-10-23)16-8-4-7-15(13-16)18-22-24-17(20-21-19(24)28-18)14-5-2-1-3-6-14/h1-8,13H,9-12H2. The summed E-state index contributed by atoms with van der Waals surface area (Å²) in [6.07, 6.45) is 0. The van der Waals surface area contributed by atoms with Crippen LogP contribution in [0.2, 0.25) is 0 Å². The van der Waals surface area contributed by atoms with Gasteiger partial charge in [0, 0.05) is 24.2 Å². The second-order valence-corrected chi connectivity index (χ2v) is 9.43. The summed E-state index contributed by atoms with van der Waals surface area (Å²) in [5, 5.41) is 13.8. The molecule has 0 N–H and O–H groups in total. The van der Waals surface area contributed by atoms with Crippen molar-refractivity contribution in [3.05, 3.63) is 54.6 Å². The van der Waals surface area contributed by atoms with E-state index in [0.29, 0.717) is 42.1 Å². The minimum absolute atomic E-state index is 0.256. The third-order valence-electron chi connectivity index (χ3n) is 4.71. The highest BCUT2D eigenvalue weighted by Crippen LogP contribution is 2.30. The molecule has 0 atom stereocenters. The van der Waals surface area contributed by atoms with Gasteiger partial charge < -0.3 is 4.74 Å². The minimum Gasteiger partial charge on any atom is -0.379 e. The summed E-state index contributed by atoms with van der Waals surface area (Å²) >= 11 is 1.37. The highest BCUT2D eigenvalue weighted by molar-refractivity contribution is 7.89. The van der Waals surface area contributed by atoms with Gasteiger partial charge in [0.25, 0.3) is 0 Å². The molecule has 0 aliphatic carbocycles. The van der Waals surface area contributed by atoms with Crippen molar-refractivity contribution in [2.45, 2.75) is 4.90 Å². The van der Waals surface area contributed by atoms with E-state index in [0.717, 1.165) is 11.1 Å². The Kier molecular flexibility index (Phi) is 4.63. The predicted octanol–water partition coefficient (Wildman–Crippen LogP) is 2.54. The summed E-state index contributed by atoms with van der Waals surface area (Å²) in [6.45, 7) is 1.56. The number of fused-ring (bicyclic) bond motifs is 1. The zero-order valence-corrected chi connectivity index (χ0v) is 16.9. The molecule has 148 valence electrons. The molecule has 1 aliphatic rings. The number of rotatable bonds is 4. The molecule has 0 spiro atoms. The first-order valence-electron chi connectivity index (χ1n) is 9.09. The van der Waals surface area contributed by atoms with Crippen molar-refractivity contribution in [3.8, 4) is 22.0 Å². The minimum atomic E-state index is -3.56. The number of aromatic nitrogens is 4.